The zero-order valence-corrected chi connectivity index (χ0v) is 26.9. The highest BCUT2D eigenvalue weighted by Crippen LogP contribution is 2.33. The number of benzene rings is 2. The molecule has 0 saturated carbocycles. The number of hydrogen-bond acceptors (Lipinski definition) is 5. The van der Waals surface area contributed by atoms with E-state index in [0.717, 1.165) is 98.2 Å². The Balaban J connectivity index is 1.18. The van der Waals surface area contributed by atoms with Crippen molar-refractivity contribution in [2.75, 3.05) is 52.9 Å². The lowest BCUT2D eigenvalue weighted by Gasteiger charge is -2.32. The second kappa shape index (κ2) is 13.9. The Bertz CT molecular complexity index is 1600. The first-order chi connectivity index (χ1) is 21.9. The van der Waals surface area contributed by atoms with Crippen molar-refractivity contribution in [1.82, 2.24) is 28.8 Å². The summed E-state index contributed by atoms with van der Waals surface area (Å²) in [6.07, 6.45) is 10.6. The first kappa shape index (κ1) is 30.9. The van der Waals surface area contributed by atoms with Crippen molar-refractivity contribution in [3.63, 3.8) is 0 Å². The van der Waals surface area contributed by atoms with E-state index in [1.165, 1.54) is 0 Å². The number of carbonyl (C=O) groups is 2. The first-order valence-corrected chi connectivity index (χ1v) is 16.4. The molecule has 2 aliphatic rings. The third kappa shape index (κ3) is 7.25. The minimum absolute atomic E-state index is 0.0905. The molecule has 2 fully saturated rings. The van der Waals surface area contributed by atoms with Gasteiger partial charge in [-0.3, -0.25) is 4.79 Å². The fraction of sp³-hybridized carbons (Fsp3) is 0.472. The number of imidazole rings is 1. The minimum Gasteiger partial charge on any atom is -0.449 e. The number of aromatic nitrogens is 3. The molecule has 238 valence electrons. The summed E-state index contributed by atoms with van der Waals surface area (Å²) >= 11 is 0. The summed E-state index contributed by atoms with van der Waals surface area (Å²) in [6, 6.07) is 14.7. The SMILES string of the molecule is CC(C)CCOC(=O)N1CCC(Cn2cncc2Cn2cc(C(=O)N3CCN(C)CC3)c(-c3cccc4ccccc34)c2)CC1. The van der Waals surface area contributed by atoms with Crippen molar-refractivity contribution < 1.29 is 14.3 Å². The molecule has 45 heavy (non-hydrogen) atoms. The molecule has 4 heterocycles. The molecular formula is C36H46N6O3. The summed E-state index contributed by atoms with van der Waals surface area (Å²) in [5.41, 5.74) is 3.89. The molecule has 2 aliphatic heterocycles. The van der Waals surface area contributed by atoms with Gasteiger partial charge in [-0.15, -0.1) is 0 Å². The van der Waals surface area contributed by atoms with Crippen molar-refractivity contribution in [3.05, 3.63) is 78.6 Å². The number of rotatable bonds is 9. The van der Waals surface area contributed by atoms with Crippen molar-refractivity contribution in [2.24, 2.45) is 11.8 Å². The lowest BCUT2D eigenvalue weighted by Crippen LogP contribution is -2.47. The molecule has 0 aliphatic carbocycles. The topological polar surface area (TPSA) is 75.8 Å². The Morgan fingerprint density at radius 2 is 1.67 bits per heavy atom. The Kier molecular flexibility index (Phi) is 9.54. The van der Waals surface area contributed by atoms with E-state index in [-0.39, 0.29) is 12.0 Å². The van der Waals surface area contributed by atoms with Crippen LogP contribution < -0.4 is 0 Å². The predicted molar refractivity (Wildman–Crippen MR) is 177 cm³/mol. The highest BCUT2D eigenvalue weighted by atomic mass is 16.6. The third-order valence-corrected chi connectivity index (χ3v) is 9.37. The maximum Gasteiger partial charge on any atom is 0.409 e. The summed E-state index contributed by atoms with van der Waals surface area (Å²) in [5.74, 6) is 1.07. The van der Waals surface area contributed by atoms with Gasteiger partial charge in [0.2, 0.25) is 0 Å². The highest BCUT2D eigenvalue weighted by Gasteiger charge is 2.27. The minimum atomic E-state index is -0.186. The van der Waals surface area contributed by atoms with E-state index in [9.17, 15) is 9.59 Å². The van der Waals surface area contributed by atoms with Gasteiger partial charge in [0.25, 0.3) is 5.91 Å². The average Bonchev–Trinajstić information content (AvgIpc) is 3.67. The fourth-order valence-electron chi connectivity index (χ4n) is 6.51. The molecule has 0 radical (unpaired) electrons. The number of fused-ring (bicyclic) bond motifs is 1. The van der Waals surface area contributed by atoms with Crippen LogP contribution in [0.15, 0.2) is 67.4 Å². The fourth-order valence-corrected chi connectivity index (χ4v) is 6.51. The number of likely N-dealkylation sites (tertiary alicyclic amines) is 1. The van der Waals surface area contributed by atoms with Crippen LogP contribution in [-0.2, 0) is 17.8 Å². The van der Waals surface area contributed by atoms with E-state index in [1.807, 2.05) is 28.5 Å². The molecule has 6 rings (SSSR count). The molecule has 0 unspecified atom stereocenters. The van der Waals surface area contributed by atoms with E-state index < -0.39 is 0 Å². The largest absolute Gasteiger partial charge is 0.449 e. The lowest BCUT2D eigenvalue weighted by molar-refractivity contribution is 0.0664. The van der Waals surface area contributed by atoms with Gasteiger partial charge in [0.05, 0.1) is 30.7 Å². The van der Waals surface area contributed by atoms with Gasteiger partial charge in [-0.2, -0.15) is 0 Å². The predicted octanol–water partition coefficient (Wildman–Crippen LogP) is 5.84. The molecule has 2 aromatic heterocycles. The lowest BCUT2D eigenvalue weighted by atomic mass is 9.97. The van der Waals surface area contributed by atoms with E-state index in [4.69, 9.17) is 4.74 Å². The van der Waals surface area contributed by atoms with Crippen molar-refractivity contribution in [2.45, 2.75) is 46.2 Å². The normalized spacial score (nSPS) is 16.5. The second-order valence-electron chi connectivity index (χ2n) is 13.1. The molecule has 0 spiro atoms. The molecule has 0 N–H and O–H groups in total. The Morgan fingerprint density at radius 3 is 2.44 bits per heavy atom. The molecule has 9 heteroatoms. The summed E-state index contributed by atoms with van der Waals surface area (Å²) in [5, 5.41) is 2.30. The molecular weight excluding hydrogens is 564 g/mol. The van der Waals surface area contributed by atoms with Gasteiger partial charge < -0.3 is 28.6 Å². The van der Waals surface area contributed by atoms with Crippen LogP contribution in [0.25, 0.3) is 21.9 Å². The van der Waals surface area contributed by atoms with Crippen LogP contribution in [0.2, 0.25) is 0 Å². The maximum absolute atomic E-state index is 14.0. The molecule has 2 saturated heterocycles. The van der Waals surface area contributed by atoms with Crippen molar-refractivity contribution in [3.8, 4) is 11.1 Å². The number of amides is 2. The molecule has 2 aromatic carbocycles. The number of piperidine rings is 1. The van der Waals surface area contributed by atoms with Gasteiger partial charge in [0, 0.05) is 70.0 Å². The molecule has 0 bridgehead atoms. The summed E-state index contributed by atoms with van der Waals surface area (Å²) in [7, 11) is 2.11. The first-order valence-electron chi connectivity index (χ1n) is 16.4. The van der Waals surface area contributed by atoms with Crippen LogP contribution in [0.3, 0.4) is 0 Å². The maximum atomic E-state index is 14.0. The number of hydrogen-bond donors (Lipinski definition) is 0. The summed E-state index contributed by atoms with van der Waals surface area (Å²) in [4.78, 5) is 37.1. The van der Waals surface area contributed by atoms with Crippen LogP contribution >= 0.6 is 0 Å². The van der Waals surface area contributed by atoms with Crippen LogP contribution in [0.4, 0.5) is 4.79 Å². The van der Waals surface area contributed by atoms with Crippen molar-refractivity contribution >= 4 is 22.8 Å². The monoisotopic (exact) mass is 610 g/mol. The highest BCUT2D eigenvalue weighted by molar-refractivity contribution is 6.06. The van der Waals surface area contributed by atoms with E-state index >= 15 is 0 Å². The second-order valence-corrected chi connectivity index (χ2v) is 13.1. The summed E-state index contributed by atoms with van der Waals surface area (Å²) in [6.45, 7) is 10.9. The van der Waals surface area contributed by atoms with Crippen molar-refractivity contribution in [1.29, 1.82) is 0 Å². The van der Waals surface area contributed by atoms with E-state index in [0.29, 0.717) is 25.0 Å². The Labute approximate surface area is 266 Å². The molecule has 4 aromatic rings. The van der Waals surface area contributed by atoms with Gasteiger partial charge in [-0.1, -0.05) is 56.3 Å². The van der Waals surface area contributed by atoms with Gasteiger partial charge in [-0.25, -0.2) is 9.78 Å². The van der Waals surface area contributed by atoms with Crippen LogP contribution in [0, 0.1) is 11.8 Å². The number of likely N-dealkylation sites (N-methyl/N-ethyl adjacent to an activating group) is 1. The smallest absolute Gasteiger partial charge is 0.409 e. The number of nitrogens with zero attached hydrogens (tertiary/aromatic N) is 6. The zero-order chi connectivity index (χ0) is 31.3. The van der Waals surface area contributed by atoms with Gasteiger partial charge in [0.1, 0.15) is 0 Å². The average molecular weight is 611 g/mol. The van der Waals surface area contributed by atoms with Gasteiger partial charge >= 0.3 is 6.09 Å². The molecule has 9 nitrogen and oxygen atoms in total. The summed E-state index contributed by atoms with van der Waals surface area (Å²) < 4.78 is 9.87. The number of piperazine rings is 1. The zero-order valence-electron chi connectivity index (χ0n) is 26.9. The van der Waals surface area contributed by atoms with Crippen LogP contribution in [-0.4, -0.2) is 93.7 Å². The number of carbonyl (C=O) groups excluding carboxylic acids is 2. The van der Waals surface area contributed by atoms with Crippen LogP contribution in [0.1, 0.15) is 49.2 Å². The third-order valence-electron chi connectivity index (χ3n) is 9.37. The van der Waals surface area contributed by atoms with E-state index in [2.05, 4.69) is 88.6 Å². The van der Waals surface area contributed by atoms with Gasteiger partial charge in [0.15, 0.2) is 0 Å². The molecule has 0 atom stereocenters. The molecule has 2 amide bonds. The van der Waals surface area contributed by atoms with E-state index in [1.54, 1.807) is 0 Å². The Hall–Kier alpha value is -4.11. The number of ether oxygens (including phenoxy) is 1. The quantitative estimate of drug-likeness (QED) is 0.238. The van der Waals surface area contributed by atoms with Crippen LogP contribution in [0.5, 0.6) is 0 Å². The standard InChI is InChI=1S/C36H46N6O3/c1-27(2)13-20-45-36(44)41-14-11-28(12-15-41)22-42-26-37-21-30(42)23-39-24-33(32-10-6-8-29-7-4-5-9-31(29)32)34(25-39)35(43)40-18-16-38(3)17-19-40/h4-10,21,24-28H,11-20,22-23H2,1-3H3. The Morgan fingerprint density at radius 1 is 0.911 bits per heavy atom. The van der Waals surface area contributed by atoms with Gasteiger partial charge in [-0.05, 0) is 54.5 Å².